The van der Waals surface area contributed by atoms with Crippen LogP contribution in [0.1, 0.15) is 47.2 Å². The van der Waals surface area contributed by atoms with Crippen molar-refractivity contribution in [2.24, 2.45) is 0 Å². The first-order valence-corrected chi connectivity index (χ1v) is 13.2. The van der Waals surface area contributed by atoms with Crippen LogP contribution in [0.2, 0.25) is 0 Å². The summed E-state index contributed by atoms with van der Waals surface area (Å²) in [5.41, 5.74) is 2.29. The molecule has 1 N–H and O–H groups in total. The van der Waals surface area contributed by atoms with E-state index in [2.05, 4.69) is 17.4 Å². The van der Waals surface area contributed by atoms with E-state index in [1.54, 1.807) is 49.6 Å². The van der Waals surface area contributed by atoms with Gasteiger partial charge in [0.15, 0.2) is 0 Å². The third-order valence-corrected chi connectivity index (χ3v) is 8.16. The molecular formula is C28H31NO5S. The molecule has 1 saturated carbocycles. The second kappa shape index (κ2) is 10.6. The molecule has 0 aromatic heterocycles. The predicted octanol–water partition coefficient (Wildman–Crippen LogP) is 5.02. The Morgan fingerprint density at radius 2 is 1.57 bits per heavy atom. The summed E-state index contributed by atoms with van der Waals surface area (Å²) in [7, 11) is -2.29. The molecular weight excluding hydrogens is 462 g/mol. The van der Waals surface area contributed by atoms with E-state index >= 15 is 0 Å². The summed E-state index contributed by atoms with van der Waals surface area (Å²) in [6.07, 6.45) is 2.13. The van der Waals surface area contributed by atoms with Crippen LogP contribution in [0.3, 0.4) is 0 Å². The van der Waals surface area contributed by atoms with E-state index in [1.807, 2.05) is 31.2 Å². The summed E-state index contributed by atoms with van der Waals surface area (Å²) in [4.78, 5) is 13.2. The Kier molecular flexibility index (Phi) is 7.57. The number of nitrogens with one attached hydrogen (secondary N) is 1. The third-order valence-electron chi connectivity index (χ3n) is 6.79. The first kappa shape index (κ1) is 24.9. The first-order chi connectivity index (χ1) is 16.8. The zero-order chi connectivity index (χ0) is 24.9. The van der Waals surface area contributed by atoms with Gasteiger partial charge in [-0.1, -0.05) is 60.2 Å². The highest BCUT2D eigenvalue weighted by Crippen LogP contribution is 2.41. The largest absolute Gasteiger partial charge is 0.496 e. The van der Waals surface area contributed by atoms with Crippen molar-refractivity contribution in [2.45, 2.75) is 49.0 Å². The molecule has 7 heteroatoms. The number of benzene rings is 3. The average molecular weight is 494 g/mol. The van der Waals surface area contributed by atoms with Crippen LogP contribution in [-0.2, 0) is 19.7 Å². The Labute approximate surface area is 207 Å². The molecule has 1 amide bonds. The number of rotatable bonds is 8. The molecule has 1 aliphatic carbocycles. The summed E-state index contributed by atoms with van der Waals surface area (Å²) in [6.45, 7) is 2.35. The molecule has 0 aliphatic heterocycles. The van der Waals surface area contributed by atoms with Crippen molar-refractivity contribution in [1.29, 1.82) is 0 Å². The summed E-state index contributed by atoms with van der Waals surface area (Å²) in [5, 5.41) is 3.10. The van der Waals surface area contributed by atoms with Gasteiger partial charge in [-0.2, -0.15) is 8.42 Å². The van der Waals surface area contributed by atoms with Crippen LogP contribution < -0.4 is 10.1 Å². The van der Waals surface area contributed by atoms with E-state index in [9.17, 15) is 13.2 Å². The minimum atomic E-state index is -3.83. The predicted molar refractivity (Wildman–Crippen MR) is 135 cm³/mol. The van der Waals surface area contributed by atoms with E-state index < -0.39 is 16.2 Å². The Hall–Kier alpha value is -3.16. The fourth-order valence-corrected chi connectivity index (χ4v) is 5.85. The Balaban J connectivity index is 1.48. The average Bonchev–Trinajstić information content (AvgIpc) is 2.89. The highest BCUT2D eigenvalue weighted by atomic mass is 32.2. The van der Waals surface area contributed by atoms with Crippen LogP contribution in [0.15, 0.2) is 83.8 Å². The maximum absolute atomic E-state index is 13.0. The van der Waals surface area contributed by atoms with Gasteiger partial charge in [-0.05, 0) is 62.4 Å². The maximum atomic E-state index is 13.0. The van der Waals surface area contributed by atoms with E-state index in [-0.39, 0.29) is 16.2 Å². The molecule has 4 rings (SSSR count). The number of hydrogen-bond acceptors (Lipinski definition) is 5. The number of methoxy groups -OCH3 is 1. The lowest BCUT2D eigenvalue weighted by Crippen LogP contribution is -2.44. The number of carbonyl (C=O) groups excluding carboxylic acids is 1. The van der Waals surface area contributed by atoms with Crippen molar-refractivity contribution in [3.63, 3.8) is 0 Å². The molecule has 0 unspecified atom stereocenters. The lowest BCUT2D eigenvalue weighted by atomic mass is 9.68. The van der Waals surface area contributed by atoms with Gasteiger partial charge in [-0.15, -0.1) is 0 Å². The minimum absolute atomic E-state index is 0.173. The van der Waals surface area contributed by atoms with Gasteiger partial charge in [0, 0.05) is 12.0 Å². The molecule has 0 bridgehead atoms. The fourth-order valence-electron chi connectivity index (χ4n) is 4.72. The zero-order valence-corrected chi connectivity index (χ0v) is 20.9. The third kappa shape index (κ3) is 5.74. The number of carbonyl (C=O) groups is 1. The molecule has 0 radical (unpaired) electrons. The molecule has 184 valence electrons. The highest BCUT2D eigenvalue weighted by molar-refractivity contribution is 7.86. The van der Waals surface area contributed by atoms with Crippen LogP contribution in [0, 0.1) is 6.92 Å². The number of aryl methyl sites for hydroxylation is 1. The minimum Gasteiger partial charge on any atom is -0.496 e. The quantitative estimate of drug-likeness (QED) is 0.446. The van der Waals surface area contributed by atoms with Crippen molar-refractivity contribution in [1.82, 2.24) is 5.32 Å². The monoisotopic (exact) mass is 493 g/mol. The standard InChI is InChI=1S/C28H31NO5S/c1-21-12-14-24(15-13-21)35(31,32)34-23-16-18-28(19-17-23,22-8-4-3-5-9-22)20-29-27(30)25-10-6-7-11-26(25)33-2/h3-15,23H,16-20H2,1-2H3,(H,29,30)/t23-,28-. The highest BCUT2D eigenvalue weighted by Gasteiger charge is 2.39. The molecule has 35 heavy (non-hydrogen) atoms. The second-order valence-electron chi connectivity index (χ2n) is 9.09. The normalized spacial score (nSPS) is 20.2. The van der Waals surface area contributed by atoms with Crippen LogP contribution in [0.25, 0.3) is 0 Å². The summed E-state index contributed by atoms with van der Waals surface area (Å²) < 4.78 is 36.5. The number of para-hydroxylation sites is 1. The molecule has 0 heterocycles. The van der Waals surface area contributed by atoms with Crippen LogP contribution in [0.4, 0.5) is 0 Å². The van der Waals surface area contributed by atoms with E-state index in [4.69, 9.17) is 8.92 Å². The number of ether oxygens (including phenoxy) is 1. The van der Waals surface area contributed by atoms with Crippen LogP contribution in [-0.4, -0.2) is 34.1 Å². The van der Waals surface area contributed by atoms with E-state index in [0.717, 1.165) is 11.1 Å². The van der Waals surface area contributed by atoms with E-state index in [1.165, 1.54) is 0 Å². The molecule has 6 nitrogen and oxygen atoms in total. The van der Waals surface area contributed by atoms with Crippen molar-refractivity contribution in [3.8, 4) is 5.75 Å². The molecule has 0 saturated heterocycles. The Morgan fingerprint density at radius 1 is 0.943 bits per heavy atom. The van der Waals surface area contributed by atoms with Gasteiger partial charge in [0.1, 0.15) is 5.75 Å². The molecule has 3 aromatic rings. The fraction of sp³-hybridized carbons (Fsp3) is 0.321. The van der Waals surface area contributed by atoms with Gasteiger partial charge in [0.2, 0.25) is 0 Å². The maximum Gasteiger partial charge on any atom is 0.297 e. The summed E-state index contributed by atoms with van der Waals surface area (Å²) >= 11 is 0. The topological polar surface area (TPSA) is 81.7 Å². The molecule has 0 spiro atoms. The number of amides is 1. The second-order valence-corrected chi connectivity index (χ2v) is 10.7. The van der Waals surface area contributed by atoms with Gasteiger partial charge in [-0.25, -0.2) is 0 Å². The van der Waals surface area contributed by atoms with Crippen LogP contribution >= 0.6 is 0 Å². The summed E-state index contributed by atoms with van der Waals surface area (Å²) in [5.74, 6) is 0.329. The first-order valence-electron chi connectivity index (χ1n) is 11.8. The Bertz CT molecular complexity index is 1250. The van der Waals surface area contributed by atoms with Crippen molar-refractivity contribution >= 4 is 16.0 Å². The lowest BCUT2D eigenvalue weighted by molar-refractivity contribution is 0.0907. The van der Waals surface area contributed by atoms with Gasteiger partial charge in [0.25, 0.3) is 16.0 Å². The smallest absolute Gasteiger partial charge is 0.297 e. The van der Waals surface area contributed by atoms with Gasteiger partial charge in [0.05, 0.1) is 23.7 Å². The van der Waals surface area contributed by atoms with Gasteiger partial charge >= 0.3 is 0 Å². The van der Waals surface area contributed by atoms with E-state index in [0.29, 0.717) is 43.5 Å². The van der Waals surface area contributed by atoms with Gasteiger partial charge in [-0.3, -0.25) is 8.98 Å². The molecule has 1 aliphatic rings. The molecule has 1 fully saturated rings. The zero-order valence-electron chi connectivity index (χ0n) is 20.1. The molecule has 0 atom stereocenters. The lowest BCUT2D eigenvalue weighted by Gasteiger charge is -2.40. The number of hydrogen-bond donors (Lipinski definition) is 1. The van der Waals surface area contributed by atoms with Crippen LogP contribution in [0.5, 0.6) is 5.75 Å². The summed E-state index contributed by atoms with van der Waals surface area (Å²) in [6, 6.07) is 23.9. The molecule has 3 aromatic carbocycles. The van der Waals surface area contributed by atoms with Crippen molar-refractivity contribution in [2.75, 3.05) is 13.7 Å². The van der Waals surface area contributed by atoms with Crippen molar-refractivity contribution < 1.29 is 22.1 Å². The van der Waals surface area contributed by atoms with Crippen molar-refractivity contribution in [3.05, 3.63) is 95.6 Å². The SMILES string of the molecule is COc1ccccc1C(=O)NC[C@]1(c2ccccc2)CC[C@H](OS(=O)(=O)c2ccc(C)cc2)CC1. The Morgan fingerprint density at radius 3 is 2.23 bits per heavy atom. The van der Waals surface area contributed by atoms with Gasteiger partial charge < -0.3 is 10.1 Å².